The molecule has 0 saturated carbocycles. The summed E-state index contributed by atoms with van der Waals surface area (Å²) in [6.45, 7) is 4.74. The van der Waals surface area contributed by atoms with Crippen LogP contribution in [0.5, 0.6) is 0 Å². The zero-order valence-corrected chi connectivity index (χ0v) is 34.4. The molecule has 2 aliphatic heterocycles. The van der Waals surface area contributed by atoms with Crippen LogP contribution in [0.3, 0.4) is 0 Å². The second-order valence-electron chi connectivity index (χ2n) is 16.5. The number of aromatic nitrogens is 2. The van der Waals surface area contributed by atoms with E-state index in [1.807, 2.05) is 12.1 Å². The summed E-state index contributed by atoms with van der Waals surface area (Å²) in [7, 11) is 0. The Kier molecular flexibility index (Phi) is 8.93. The summed E-state index contributed by atoms with van der Waals surface area (Å²) in [5.74, 6) is 0.740. The number of dihydropyridines is 1. The molecule has 0 fully saturated rings. The van der Waals surface area contributed by atoms with Gasteiger partial charge in [0.1, 0.15) is 0 Å². The predicted molar refractivity (Wildman–Crippen MR) is 258 cm³/mol. The van der Waals surface area contributed by atoms with E-state index in [2.05, 4.69) is 216 Å². The number of nitrogens with zero attached hydrogens (tertiary/aromatic N) is 2. The highest BCUT2D eigenvalue weighted by atomic mass is 15.0. The molecule has 4 heteroatoms. The zero-order chi connectivity index (χ0) is 41.0. The molecule has 0 radical (unpaired) electrons. The Morgan fingerprint density at radius 3 is 1.84 bits per heavy atom. The monoisotopic (exact) mass is 786 g/mol. The van der Waals surface area contributed by atoms with Gasteiger partial charge in [-0.05, 0) is 119 Å². The molecule has 2 bridgehead atoms. The Hall–Kier alpha value is -7.56. The summed E-state index contributed by atoms with van der Waals surface area (Å²) < 4.78 is 4.67. The normalized spacial score (nSPS) is 17.0. The number of nitrogens with two attached hydrogens (primary N) is 1. The number of hydrogen-bond donors (Lipinski definition) is 2. The van der Waals surface area contributed by atoms with E-state index in [1.54, 1.807) is 0 Å². The molecule has 4 heterocycles. The average molecular weight is 787 g/mol. The lowest BCUT2D eigenvalue weighted by Gasteiger charge is -2.28. The first-order chi connectivity index (χ1) is 30.0. The molecule has 3 aliphatic rings. The fourth-order valence-electron chi connectivity index (χ4n) is 9.89. The van der Waals surface area contributed by atoms with Crippen LogP contribution in [-0.2, 0) is 0 Å². The molecule has 61 heavy (non-hydrogen) atoms. The second-order valence-corrected chi connectivity index (χ2v) is 16.5. The molecule has 2 atom stereocenters. The summed E-state index contributed by atoms with van der Waals surface area (Å²) in [5, 5.41) is 8.79. The fraction of sp³-hybridized carbons (Fsp3) is 0.0877. The minimum absolute atomic E-state index is 0.293. The molecule has 9 aromatic rings. The number of nitrogen functional groups attached to an aromatic ring is 1. The molecular formula is C57H46N4. The number of rotatable bonds is 4. The summed E-state index contributed by atoms with van der Waals surface area (Å²) in [4.78, 5) is 0. The third-order valence-electron chi connectivity index (χ3n) is 12.8. The Morgan fingerprint density at radius 1 is 0.574 bits per heavy atom. The van der Waals surface area contributed by atoms with Crippen LogP contribution in [0.2, 0.25) is 0 Å². The van der Waals surface area contributed by atoms with Gasteiger partial charge >= 0.3 is 0 Å². The van der Waals surface area contributed by atoms with Crippen molar-refractivity contribution in [2.75, 3.05) is 5.73 Å². The first-order valence-electron chi connectivity index (χ1n) is 21.4. The molecule has 2 unspecified atom stereocenters. The summed E-state index contributed by atoms with van der Waals surface area (Å²) in [5.41, 5.74) is 24.5. The van der Waals surface area contributed by atoms with Gasteiger partial charge in [-0.2, -0.15) is 0 Å². The predicted octanol–water partition coefficient (Wildman–Crippen LogP) is 14.1. The van der Waals surface area contributed by atoms with Crippen LogP contribution in [0.15, 0.2) is 217 Å². The third kappa shape index (κ3) is 6.22. The molecule has 0 amide bonds. The highest BCUT2D eigenvalue weighted by molar-refractivity contribution is 6.11. The molecule has 294 valence electrons. The Balaban J connectivity index is 0.000000175. The van der Waals surface area contributed by atoms with Crippen molar-refractivity contribution in [1.29, 1.82) is 0 Å². The molecular weight excluding hydrogens is 741 g/mol. The molecule has 0 spiro atoms. The molecule has 1 aliphatic carbocycles. The second kappa shape index (κ2) is 14.9. The van der Waals surface area contributed by atoms with Crippen molar-refractivity contribution in [1.82, 2.24) is 14.5 Å². The van der Waals surface area contributed by atoms with Gasteiger partial charge in [0.25, 0.3) is 0 Å². The van der Waals surface area contributed by atoms with E-state index in [4.69, 9.17) is 5.73 Å². The van der Waals surface area contributed by atoms with Crippen molar-refractivity contribution >= 4 is 60.6 Å². The molecule has 12 rings (SSSR count). The fourth-order valence-corrected chi connectivity index (χ4v) is 9.89. The van der Waals surface area contributed by atoms with Gasteiger partial charge in [-0.25, -0.2) is 0 Å². The van der Waals surface area contributed by atoms with Gasteiger partial charge < -0.3 is 20.2 Å². The smallest absolute Gasteiger partial charge is 0.0542 e. The van der Waals surface area contributed by atoms with Crippen molar-refractivity contribution in [3.63, 3.8) is 0 Å². The zero-order valence-electron chi connectivity index (χ0n) is 34.4. The Morgan fingerprint density at radius 2 is 1.15 bits per heavy atom. The van der Waals surface area contributed by atoms with E-state index in [9.17, 15) is 0 Å². The lowest BCUT2D eigenvalue weighted by atomic mass is 9.77. The quantitative estimate of drug-likeness (QED) is 0.175. The molecule has 4 nitrogen and oxygen atoms in total. The van der Waals surface area contributed by atoms with E-state index < -0.39 is 0 Å². The molecule has 3 N–H and O–H groups in total. The van der Waals surface area contributed by atoms with Crippen LogP contribution in [0, 0.1) is 5.92 Å². The summed E-state index contributed by atoms with van der Waals surface area (Å²) in [6, 6.07) is 60.3. The maximum Gasteiger partial charge on any atom is 0.0542 e. The first-order valence-corrected chi connectivity index (χ1v) is 21.4. The van der Waals surface area contributed by atoms with Crippen molar-refractivity contribution in [3.05, 3.63) is 234 Å². The van der Waals surface area contributed by atoms with Crippen molar-refractivity contribution in [2.45, 2.75) is 26.2 Å². The van der Waals surface area contributed by atoms with Gasteiger partial charge in [-0.3, -0.25) is 0 Å². The van der Waals surface area contributed by atoms with Crippen LogP contribution in [-0.4, -0.2) is 9.13 Å². The largest absolute Gasteiger partial charge is 0.399 e. The van der Waals surface area contributed by atoms with Crippen molar-refractivity contribution in [2.24, 2.45) is 5.92 Å². The van der Waals surface area contributed by atoms with E-state index in [0.29, 0.717) is 11.8 Å². The van der Waals surface area contributed by atoms with Crippen LogP contribution in [0.25, 0.3) is 66.3 Å². The summed E-state index contributed by atoms with van der Waals surface area (Å²) >= 11 is 0. The number of allylic oxidation sites excluding steroid dienone is 8. The topological polar surface area (TPSA) is 47.9 Å². The lowest BCUT2D eigenvalue weighted by Crippen LogP contribution is -2.17. The standard InChI is InChI=1S/C39H32N2.C18H14N2/c1-25-19-20-27(23-33(25)39-26(2)30-13-6-7-14-31(30)35-16-10-17-36(39)40-35)28-21-22-38-34(24-28)32-15-8-9-18-37(32)41(38)29-11-4-3-5-12-29;19-13-10-11-18-16(12-13)15-8-4-5-9-17(15)20(18)14-6-2-1-3-7-14/h3-18,20-26,40H,19H2,1-2H3;1-12H,19H2. The maximum atomic E-state index is 5.95. The van der Waals surface area contributed by atoms with Gasteiger partial charge in [0.2, 0.25) is 0 Å². The van der Waals surface area contributed by atoms with Crippen LogP contribution in [0.4, 0.5) is 5.69 Å². The molecule has 7 aromatic carbocycles. The first kappa shape index (κ1) is 36.5. The third-order valence-corrected chi connectivity index (χ3v) is 12.8. The Bertz CT molecular complexity index is 3330. The van der Waals surface area contributed by atoms with E-state index >= 15 is 0 Å². The summed E-state index contributed by atoms with van der Waals surface area (Å²) in [6.07, 6.45) is 12.6. The van der Waals surface area contributed by atoms with Crippen LogP contribution in [0.1, 0.15) is 42.9 Å². The number of nitrogens with one attached hydrogen (secondary N) is 1. The van der Waals surface area contributed by atoms with Gasteiger partial charge in [0.15, 0.2) is 0 Å². The van der Waals surface area contributed by atoms with Gasteiger partial charge in [-0.1, -0.05) is 135 Å². The van der Waals surface area contributed by atoms with Crippen LogP contribution < -0.4 is 11.1 Å². The van der Waals surface area contributed by atoms with E-state index in [-0.39, 0.29) is 0 Å². The highest BCUT2D eigenvalue weighted by Gasteiger charge is 2.30. The Labute approximate surface area is 356 Å². The highest BCUT2D eigenvalue weighted by Crippen LogP contribution is 2.45. The number of fused-ring (bicyclic) bond motifs is 10. The maximum absolute atomic E-state index is 5.95. The molecule has 0 saturated heterocycles. The minimum atomic E-state index is 0.293. The van der Waals surface area contributed by atoms with Gasteiger partial charge in [-0.15, -0.1) is 0 Å². The SMILES string of the molecule is CC1CC=C(c2ccc3c(c2)c2ccccc2n3-c2ccccc2)C=C1C1=C2C=CC=C(N2)c2ccccc2C1C.Nc1ccc2c(c1)c1ccccc1n2-c1ccccc1. The number of hydrogen-bond acceptors (Lipinski definition) is 2. The van der Waals surface area contributed by atoms with Gasteiger partial charge in [0.05, 0.1) is 22.1 Å². The number of benzene rings is 7. The van der Waals surface area contributed by atoms with Crippen molar-refractivity contribution in [3.8, 4) is 11.4 Å². The van der Waals surface area contributed by atoms with E-state index in [0.717, 1.165) is 12.1 Å². The molecule has 2 aromatic heterocycles. The van der Waals surface area contributed by atoms with Gasteiger partial charge in [0, 0.05) is 61.5 Å². The van der Waals surface area contributed by atoms with Crippen LogP contribution >= 0.6 is 0 Å². The average Bonchev–Trinajstić information content (AvgIpc) is 3.80. The van der Waals surface area contributed by atoms with E-state index in [1.165, 1.54) is 99.8 Å². The number of para-hydroxylation sites is 4. The number of anilines is 1. The minimum Gasteiger partial charge on any atom is -0.399 e. The van der Waals surface area contributed by atoms with Crippen molar-refractivity contribution < 1.29 is 0 Å². The lowest BCUT2D eigenvalue weighted by molar-refractivity contribution is 0.674.